The summed E-state index contributed by atoms with van der Waals surface area (Å²) in [5, 5.41) is 8.85. The molecule has 1 N–H and O–H groups in total. The molecule has 4 aromatic carbocycles. The van der Waals surface area contributed by atoms with Gasteiger partial charge in [-0.3, -0.25) is 9.59 Å². The molecule has 0 bridgehead atoms. The molecule has 300 valence electrons. The third-order valence-electron chi connectivity index (χ3n) is 9.62. The van der Waals surface area contributed by atoms with Crippen LogP contribution >= 0.6 is 38.5 Å². The second-order valence-electron chi connectivity index (χ2n) is 13.3. The number of Topliss-reactive ketones (excluding diaryl/α,β-unsaturated/α-hetero) is 2. The maximum atomic E-state index is 13.4. The van der Waals surface area contributed by atoms with E-state index in [-0.39, 0.29) is 38.0 Å². The molecule has 12 heteroatoms. The lowest BCUT2D eigenvalue weighted by Crippen LogP contribution is -2.30. The van der Waals surface area contributed by atoms with Gasteiger partial charge in [0.15, 0.2) is 11.6 Å². The van der Waals surface area contributed by atoms with Gasteiger partial charge in [0.25, 0.3) is 0 Å². The third-order valence-corrected chi connectivity index (χ3v) is 11.1. The van der Waals surface area contributed by atoms with Crippen LogP contribution < -0.4 is 4.74 Å². The Morgan fingerprint density at radius 1 is 0.661 bits per heavy atom. The van der Waals surface area contributed by atoms with Gasteiger partial charge in [0, 0.05) is 20.7 Å². The molecule has 4 aromatic rings. The SMILES string of the molecule is COCCOCCOCCOc1ccc(C2(c3ccc(COCCOCCOCCO)c(C(C)=O)c3)c3cc(I)ccc3-c3cc(C)c(Br)cc32)cc1C(C)=O. The number of ether oxygens (including phenoxy) is 7. The van der Waals surface area contributed by atoms with E-state index < -0.39 is 5.41 Å². The maximum absolute atomic E-state index is 13.4. The predicted octanol–water partition coefficient (Wildman–Crippen LogP) is 7.73. The van der Waals surface area contributed by atoms with Gasteiger partial charge in [-0.2, -0.15) is 0 Å². The third kappa shape index (κ3) is 10.5. The maximum Gasteiger partial charge on any atom is 0.163 e. The van der Waals surface area contributed by atoms with E-state index in [1.54, 1.807) is 21.0 Å². The summed E-state index contributed by atoms with van der Waals surface area (Å²) in [6, 6.07) is 22.7. The van der Waals surface area contributed by atoms with Crippen molar-refractivity contribution in [2.45, 2.75) is 32.8 Å². The summed E-state index contributed by atoms with van der Waals surface area (Å²) in [4.78, 5) is 26.8. The Balaban J connectivity index is 1.52. The van der Waals surface area contributed by atoms with E-state index in [1.165, 1.54) is 0 Å². The summed E-state index contributed by atoms with van der Waals surface area (Å²) in [5.41, 5.74) is 8.01. The van der Waals surface area contributed by atoms with E-state index in [4.69, 9.17) is 38.3 Å². The fourth-order valence-electron chi connectivity index (χ4n) is 7.00. The highest BCUT2D eigenvalue weighted by atomic mass is 127. The fraction of sp³-hybridized carbons (Fsp3) is 0.409. The van der Waals surface area contributed by atoms with Crippen molar-refractivity contribution < 1.29 is 47.9 Å². The Labute approximate surface area is 351 Å². The molecule has 0 radical (unpaired) electrons. The highest BCUT2D eigenvalue weighted by molar-refractivity contribution is 14.1. The van der Waals surface area contributed by atoms with E-state index in [2.05, 4.69) is 81.8 Å². The van der Waals surface area contributed by atoms with Crippen LogP contribution in [0.2, 0.25) is 0 Å². The van der Waals surface area contributed by atoms with Crippen LogP contribution in [-0.4, -0.2) is 103 Å². The van der Waals surface area contributed by atoms with E-state index in [9.17, 15) is 9.59 Å². The van der Waals surface area contributed by atoms with Gasteiger partial charge in [-0.05, 0) is 130 Å². The molecule has 0 fully saturated rings. The molecule has 0 saturated carbocycles. The molecule has 1 unspecified atom stereocenters. The van der Waals surface area contributed by atoms with Crippen LogP contribution in [-0.2, 0) is 40.4 Å². The van der Waals surface area contributed by atoms with Crippen LogP contribution in [0.5, 0.6) is 5.75 Å². The molecule has 0 aromatic heterocycles. The number of carbonyl (C=O) groups excluding carboxylic acids is 2. The van der Waals surface area contributed by atoms with Crippen molar-refractivity contribution in [2.24, 2.45) is 0 Å². The number of aliphatic hydroxyl groups is 1. The first-order chi connectivity index (χ1) is 27.1. The average molecular weight is 946 g/mol. The molecule has 0 spiro atoms. The zero-order valence-corrected chi connectivity index (χ0v) is 36.2. The van der Waals surface area contributed by atoms with Crippen molar-refractivity contribution in [3.63, 3.8) is 0 Å². The molecule has 1 aliphatic rings. The lowest BCUT2D eigenvalue weighted by Gasteiger charge is -2.35. The van der Waals surface area contributed by atoms with Crippen LogP contribution in [0.1, 0.15) is 67.9 Å². The van der Waals surface area contributed by atoms with Gasteiger partial charge >= 0.3 is 0 Å². The summed E-state index contributed by atoms with van der Waals surface area (Å²) < 4.78 is 41.1. The Kier molecular flexibility index (Phi) is 17.0. The molecule has 0 saturated heterocycles. The van der Waals surface area contributed by atoms with E-state index in [0.29, 0.717) is 76.3 Å². The van der Waals surface area contributed by atoms with Gasteiger partial charge in [0.2, 0.25) is 0 Å². The second kappa shape index (κ2) is 21.6. The van der Waals surface area contributed by atoms with Gasteiger partial charge in [-0.25, -0.2) is 0 Å². The first-order valence-electron chi connectivity index (χ1n) is 18.7. The normalized spacial score (nSPS) is 14.5. The zero-order chi connectivity index (χ0) is 40.1. The number of aliphatic hydroxyl groups excluding tert-OH is 1. The summed E-state index contributed by atoms with van der Waals surface area (Å²) in [5.74, 6) is 0.260. The molecular formula is C44H50BrIO10. The number of fused-ring (bicyclic) bond motifs is 3. The van der Waals surface area contributed by atoms with E-state index in [0.717, 1.165) is 52.6 Å². The molecule has 1 aliphatic carbocycles. The highest BCUT2D eigenvalue weighted by Crippen LogP contribution is 2.57. The molecule has 5 rings (SSSR count). The fourth-order valence-corrected chi connectivity index (χ4v) is 7.83. The minimum Gasteiger partial charge on any atom is -0.490 e. The molecular weight excluding hydrogens is 895 g/mol. The van der Waals surface area contributed by atoms with Crippen LogP contribution in [0.25, 0.3) is 11.1 Å². The Morgan fingerprint density at radius 2 is 1.23 bits per heavy atom. The Hall–Kier alpha value is -3.05. The number of ketones is 2. The van der Waals surface area contributed by atoms with Gasteiger partial charge in [-0.15, -0.1) is 0 Å². The number of benzene rings is 4. The first-order valence-corrected chi connectivity index (χ1v) is 20.5. The summed E-state index contributed by atoms with van der Waals surface area (Å²) in [6.45, 7) is 9.68. The molecule has 56 heavy (non-hydrogen) atoms. The molecule has 10 nitrogen and oxygen atoms in total. The number of hydrogen-bond acceptors (Lipinski definition) is 10. The molecule has 1 atom stereocenters. The smallest absolute Gasteiger partial charge is 0.163 e. The van der Waals surface area contributed by atoms with Crippen LogP contribution in [0.3, 0.4) is 0 Å². The first kappa shape index (κ1) is 44.1. The quantitative estimate of drug-likeness (QED) is 0.0374. The number of halogens is 2. The van der Waals surface area contributed by atoms with Crippen molar-refractivity contribution in [1.29, 1.82) is 0 Å². The summed E-state index contributed by atoms with van der Waals surface area (Å²) in [7, 11) is 1.63. The molecule has 0 aliphatic heterocycles. The number of aryl methyl sites for hydroxylation is 1. The number of carbonyl (C=O) groups is 2. The highest BCUT2D eigenvalue weighted by Gasteiger charge is 2.47. The van der Waals surface area contributed by atoms with E-state index in [1.807, 2.05) is 30.3 Å². The largest absolute Gasteiger partial charge is 0.490 e. The Morgan fingerprint density at radius 3 is 1.88 bits per heavy atom. The monoisotopic (exact) mass is 944 g/mol. The average Bonchev–Trinajstić information content (AvgIpc) is 3.45. The Bertz CT molecular complexity index is 1880. The predicted molar refractivity (Wildman–Crippen MR) is 226 cm³/mol. The number of methoxy groups -OCH3 is 1. The minimum absolute atomic E-state index is 0.0258. The van der Waals surface area contributed by atoms with Gasteiger partial charge in [0.05, 0.1) is 90.3 Å². The van der Waals surface area contributed by atoms with Gasteiger partial charge < -0.3 is 38.3 Å². The van der Waals surface area contributed by atoms with Gasteiger partial charge in [-0.1, -0.05) is 40.2 Å². The summed E-state index contributed by atoms with van der Waals surface area (Å²) >= 11 is 6.17. The minimum atomic E-state index is -0.897. The lowest BCUT2D eigenvalue weighted by atomic mass is 9.66. The van der Waals surface area contributed by atoms with Crippen molar-refractivity contribution in [1.82, 2.24) is 0 Å². The molecule has 0 amide bonds. The number of hydrogen-bond donors (Lipinski definition) is 1. The lowest BCUT2D eigenvalue weighted by molar-refractivity contribution is 0.00443. The molecule has 0 heterocycles. The second-order valence-corrected chi connectivity index (χ2v) is 15.4. The van der Waals surface area contributed by atoms with Crippen molar-refractivity contribution >= 4 is 50.1 Å². The van der Waals surface area contributed by atoms with Crippen molar-refractivity contribution in [3.8, 4) is 16.9 Å². The van der Waals surface area contributed by atoms with Crippen molar-refractivity contribution in [2.75, 3.05) is 86.4 Å². The zero-order valence-electron chi connectivity index (χ0n) is 32.4. The topological polar surface area (TPSA) is 119 Å². The standard InChI is InChI=1S/C44H50BrIO10/c1-29-23-39-36-9-8-35(46)26-40(36)44(41(39)27-42(29)45,33-6-5-32(37(24-33)30(2)48)28-55-20-19-53-16-15-51-12-11-47)34-7-10-43(38(25-34)31(3)49)56-22-21-54-18-17-52-14-13-50-4/h5-10,23-27,47H,11-22,28H2,1-4H3. The van der Waals surface area contributed by atoms with Gasteiger partial charge in [0.1, 0.15) is 12.4 Å². The number of rotatable bonds is 24. The van der Waals surface area contributed by atoms with Crippen LogP contribution in [0.15, 0.2) is 71.2 Å². The van der Waals surface area contributed by atoms with Crippen LogP contribution in [0.4, 0.5) is 0 Å². The van der Waals surface area contributed by atoms with Crippen molar-refractivity contribution in [3.05, 3.63) is 119 Å². The van der Waals surface area contributed by atoms with Crippen LogP contribution in [0, 0.1) is 10.5 Å². The summed E-state index contributed by atoms with van der Waals surface area (Å²) in [6.07, 6.45) is 0. The van der Waals surface area contributed by atoms with E-state index >= 15 is 0 Å².